The lowest BCUT2D eigenvalue weighted by Crippen LogP contribution is -2.31. The predicted molar refractivity (Wildman–Crippen MR) is 84.1 cm³/mol. The van der Waals surface area contributed by atoms with Crippen LogP contribution in [0.3, 0.4) is 0 Å². The van der Waals surface area contributed by atoms with E-state index in [-0.39, 0.29) is 23.5 Å². The van der Waals surface area contributed by atoms with Gasteiger partial charge in [-0.15, -0.1) is 0 Å². The van der Waals surface area contributed by atoms with Gasteiger partial charge in [-0.05, 0) is 30.2 Å². The Morgan fingerprint density at radius 1 is 1.18 bits per heavy atom. The zero-order valence-electron chi connectivity index (χ0n) is 12.4. The second kappa shape index (κ2) is 7.33. The molecule has 0 aliphatic rings. The van der Waals surface area contributed by atoms with Gasteiger partial charge in [0.25, 0.3) is 5.56 Å². The van der Waals surface area contributed by atoms with E-state index in [1.54, 1.807) is 18.2 Å². The van der Waals surface area contributed by atoms with Gasteiger partial charge in [0.15, 0.2) is 0 Å². The van der Waals surface area contributed by atoms with Gasteiger partial charge in [-0.25, -0.2) is 17.8 Å². The summed E-state index contributed by atoms with van der Waals surface area (Å²) in [6.45, 7) is 2.37. The van der Waals surface area contributed by atoms with Crippen LogP contribution in [0.5, 0.6) is 0 Å². The minimum atomic E-state index is -3.57. The molecule has 0 unspecified atom stereocenters. The molecular formula is C15H19N3O3S. The average molecular weight is 321 g/mol. The number of hydrogen-bond acceptors (Lipinski definition) is 4. The second-order valence-corrected chi connectivity index (χ2v) is 6.64. The van der Waals surface area contributed by atoms with Crippen LogP contribution in [0.4, 0.5) is 0 Å². The first-order valence-corrected chi connectivity index (χ1v) is 8.62. The molecule has 1 aromatic carbocycles. The Kier molecular flexibility index (Phi) is 5.46. The maximum atomic E-state index is 12.2. The number of rotatable bonds is 7. The molecule has 2 rings (SSSR count). The van der Waals surface area contributed by atoms with Gasteiger partial charge < -0.3 is 0 Å². The fourth-order valence-corrected chi connectivity index (χ4v) is 3.07. The van der Waals surface area contributed by atoms with Crippen molar-refractivity contribution in [3.8, 4) is 0 Å². The summed E-state index contributed by atoms with van der Waals surface area (Å²) in [6.07, 6.45) is 3.43. The Hall–Kier alpha value is -1.99. The lowest BCUT2D eigenvalue weighted by atomic mass is 10.1. The number of nitrogens with zero attached hydrogens (tertiary/aromatic N) is 2. The highest BCUT2D eigenvalue weighted by Crippen LogP contribution is 2.11. The van der Waals surface area contributed by atoms with E-state index < -0.39 is 10.0 Å². The van der Waals surface area contributed by atoms with Crippen LogP contribution in [0.15, 0.2) is 52.3 Å². The zero-order chi connectivity index (χ0) is 16.0. The molecule has 0 fully saturated rings. The van der Waals surface area contributed by atoms with Crippen LogP contribution < -0.4 is 10.3 Å². The molecular weight excluding hydrogens is 302 g/mol. The lowest BCUT2D eigenvalue weighted by Gasteiger charge is -2.08. The molecule has 0 bridgehead atoms. The number of hydrogen-bond donors (Lipinski definition) is 1. The van der Waals surface area contributed by atoms with E-state index in [2.05, 4.69) is 16.7 Å². The fourth-order valence-electron chi connectivity index (χ4n) is 2.05. The normalized spacial score (nSPS) is 11.5. The van der Waals surface area contributed by atoms with Crippen molar-refractivity contribution in [1.29, 1.82) is 0 Å². The highest BCUT2D eigenvalue weighted by Gasteiger charge is 2.13. The summed E-state index contributed by atoms with van der Waals surface area (Å²) >= 11 is 0. The summed E-state index contributed by atoms with van der Waals surface area (Å²) in [5.74, 6) is 0. The van der Waals surface area contributed by atoms with Crippen LogP contribution in [0.25, 0.3) is 0 Å². The molecule has 1 aromatic heterocycles. The quantitative estimate of drug-likeness (QED) is 0.830. The number of aromatic nitrogens is 2. The van der Waals surface area contributed by atoms with Gasteiger partial charge >= 0.3 is 0 Å². The average Bonchev–Trinajstić information content (AvgIpc) is 2.50. The van der Waals surface area contributed by atoms with Crippen LogP contribution in [-0.2, 0) is 23.0 Å². The van der Waals surface area contributed by atoms with Crippen LogP contribution >= 0.6 is 0 Å². The Balaban J connectivity index is 1.99. The molecule has 22 heavy (non-hydrogen) atoms. The van der Waals surface area contributed by atoms with E-state index >= 15 is 0 Å². The standard InChI is InChI=1S/C15H19N3O3S/c1-2-4-13-6-8-14(9-7-13)22(20,21)17-11-12-18-15(19)5-3-10-16-18/h3,5-10,17H,2,4,11-12H2,1H3. The minimum absolute atomic E-state index is 0.107. The summed E-state index contributed by atoms with van der Waals surface area (Å²) in [4.78, 5) is 11.7. The van der Waals surface area contributed by atoms with Crippen molar-refractivity contribution in [2.45, 2.75) is 31.2 Å². The number of benzene rings is 1. The molecule has 0 aliphatic carbocycles. The molecule has 0 radical (unpaired) electrons. The number of sulfonamides is 1. The van der Waals surface area contributed by atoms with E-state index in [1.165, 1.54) is 16.9 Å². The zero-order valence-corrected chi connectivity index (χ0v) is 13.2. The summed E-state index contributed by atoms with van der Waals surface area (Å²) in [5, 5.41) is 3.87. The molecule has 0 saturated heterocycles. The van der Waals surface area contributed by atoms with Gasteiger partial charge in [0, 0.05) is 18.8 Å². The third-order valence-electron chi connectivity index (χ3n) is 3.17. The van der Waals surface area contributed by atoms with Gasteiger partial charge in [0.1, 0.15) is 0 Å². The number of nitrogens with one attached hydrogen (secondary N) is 1. The maximum absolute atomic E-state index is 12.2. The first kappa shape index (κ1) is 16.4. The van der Waals surface area contributed by atoms with Gasteiger partial charge in [-0.2, -0.15) is 5.10 Å². The van der Waals surface area contributed by atoms with E-state index in [0.29, 0.717) is 0 Å². The minimum Gasteiger partial charge on any atom is -0.268 e. The van der Waals surface area contributed by atoms with E-state index in [0.717, 1.165) is 18.4 Å². The molecule has 0 saturated carbocycles. The molecule has 0 amide bonds. The first-order chi connectivity index (χ1) is 10.5. The second-order valence-electron chi connectivity index (χ2n) is 4.88. The largest absolute Gasteiger partial charge is 0.268 e. The Bertz CT molecular complexity index is 767. The fraction of sp³-hybridized carbons (Fsp3) is 0.333. The topological polar surface area (TPSA) is 81.1 Å². The monoisotopic (exact) mass is 321 g/mol. The highest BCUT2D eigenvalue weighted by atomic mass is 32.2. The van der Waals surface area contributed by atoms with Gasteiger partial charge in [-0.1, -0.05) is 25.5 Å². The SMILES string of the molecule is CCCc1ccc(S(=O)(=O)NCCn2ncccc2=O)cc1. The number of aryl methyl sites for hydroxylation is 1. The molecule has 0 atom stereocenters. The van der Waals surface area contributed by atoms with E-state index in [9.17, 15) is 13.2 Å². The Morgan fingerprint density at radius 2 is 1.91 bits per heavy atom. The molecule has 1 N–H and O–H groups in total. The van der Waals surface area contributed by atoms with Crippen molar-refractivity contribution < 1.29 is 8.42 Å². The van der Waals surface area contributed by atoms with Crippen molar-refractivity contribution in [1.82, 2.24) is 14.5 Å². The van der Waals surface area contributed by atoms with Crippen molar-refractivity contribution in [3.63, 3.8) is 0 Å². The van der Waals surface area contributed by atoms with Gasteiger partial charge in [-0.3, -0.25) is 4.79 Å². The Morgan fingerprint density at radius 3 is 2.55 bits per heavy atom. The van der Waals surface area contributed by atoms with E-state index in [1.807, 2.05) is 12.1 Å². The van der Waals surface area contributed by atoms with Crippen molar-refractivity contribution in [3.05, 3.63) is 58.5 Å². The molecule has 1 heterocycles. The van der Waals surface area contributed by atoms with Crippen LogP contribution in [-0.4, -0.2) is 24.7 Å². The van der Waals surface area contributed by atoms with Gasteiger partial charge in [0.05, 0.1) is 11.4 Å². The van der Waals surface area contributed by atoms with Crippen molar-refractivity contribution in [2.24, 2.45) is 0 Å². The summed E-state index contributed by atoms with van der Waals surface area (Å²) in [5.41, 5.74) is 0.854. The smallest absolute Gasteiger partial charge is 0.266 e. The summed E-state index contributed by atoms with van der Waals surface area (Å²) in [7, 11) is -3.57. The summed E-state index contributed by atoms with van der Waals surface area (Å²) in [6, 6.07) is 9.76. The Labute approximate surface area is 129 Å². The molecule has 6 nitrogen and oxygen atoms in total. The molecule has 7 heteroatoms. The maximum Gasteiger partial charge on any atom is 0.266 e. The van der Waals surface area contributed by atoms with Crippen LogP contribution in [0.2, 0.25) is 0 Å². The van der Waals surface area contributed by atoms with Crippen molar-refractivity contribution >= 4 is 10.0 Å². The van der Waals surface area contributed by atoms with Crippen LogP contribution in [0.1, 0.15) is 18.9 Å². The molecule has 118 valence electrons. The van der Waals surface area contributed by atoms with Crippen molar-refractivity contribution in [2.75, 3.05) is 6.54 Å². The molecule has 0 spiro atoms. The highest BCUT2D eigenvalue weighted by molar-refractivity contribution is 7.89. The lowest BCUT2D eigenvalue weighted by molar-refractivity contribution is 0.547. The first-order valence-electron chi connectivity index (χ1n) is 7.13. The third-order valence-corrected chi connectivity index (χ3v) is 4.65. The predicted octanol–water partition coefficient (Wildman–Crippen LogP) is 1.17. The van der Waals surface area contributed by atoms with E-state index in [4.69, 9.17) is 0 Å². The van der Waals surface area contributed by atoms with Gasteiger partial charge in [0.2, 0.25) is 10.0 Å². The summed E-state index contributed by atoms with van der Waals surface area (Å²) < 4.78 is 28.0. The third kappa shape index (κ3) is 4.25. The molecule has 2 aromatic rings. The van der Waals surface area contributed by atoms with Crippen LogP contribution in [0, 0.1) is 0 Å². The molecule has 0 aliphatic heterocycles.